The molecule has 2 aliphatic rings. The van der Waals surface area contributed by atoms with Crippen molar-refractivity contribution < 1.29 is 5.48 Å². The Bertz CT molecular complexity index is 499. The zero-order valence-corrected chi connectivity index (χ0v) is 11.1. The van der Waals surface area contributed by atoms with E-state index in [2.05, 4.69) is 31.2 Å². The van der Waals surface area contributed by atoms with Gasteiger partial charge in [0, 0.05) is 12.6 Å². The summed E-state index contributed by atoms with van der Waals surface area (Å²) in [5.41, 5.74) is 6.71. The molecular weight excluding hydrogens is 260 g/mol. The van der Waals surface area contributed by atoms with Crippen molar-refractivity contribution >= 4 is 23.3 Å². The van der Waals surface area contributed by atoms with Crippen LogP contribution in [0.2, 0.25) is 0 Å². The molecule has 0 radical (unpaired) electrons. The Balaban J connectivity index is 0.00000147. The van der Waals surface area contributed by atoms with Crippen LogP contribution < -0.4 is 27.0 Å². The van der Waals surface area contributed by atoms with Gasteiger partial charge in [0.05, 0.1) is 6.67 Å². The van der Waals surface area contributed by atoms with Crippen LogP contribution in [0.15, 0.2) is 0 Å². The summed E-state index contributed by atoms with van der Waals surface area (Å²) in [6, 6.07) is 0.462. The van der Waals surface area contributed by atoms with E-state index in [1.807, 2.05) is 0 Å². The Morgan fingerprint density at radius 2 is 2.25 bits per heavy atom. The van der Waals surface area contributed by atoms with E-state index in [-0.39, 0.29) is 11.3 Å². The normalized spacial score (nSPS) is 19.5. The monoisotopic (exact) mass is 280 g/mol. The van der Waals surface area contributed by atoms with Crippen molar-refractivity contribution in [3.05, 3.63) is 5.69 Å². The maximum Gasteiger partial charge on any atom is 0.225 e. The highest BCUT2D eigenvalue weighted by molar-refractivity contribution is 6.01. The van der Waals surface area contributed by atoms with Crippen LogP contribution in [0.25, 0.3) is 0 Å². The number of nitrogens with one attached hydrogen (secondary N) is 5. The molecule has 0 amide bonds. The zero-order chi connectivity index (χ0) is 13.2. The second-order valence-corrected chi connectivity index (χ2v) is 4.74. The van der Waals surface area contributed by atoms with E-state index < -0.39 is 0 Å². The van der Waals surface area contributed by atoms with Crippen LogP contribution in [0.4, 0.5) is 17.5 Å². The minimum absolute atomic E-state index is 0. The first-order valence-electron chi connectivity index (χ1n) is 6.45. The summed E-state index contributed by atoms with van der Waals surface area (Å²) in [5.74, 6) is 1.15. The number of amidine groups is 1. The van der Waals surface area contributed by atoms with Gasteiger partial charge in [-0.05, 0) is 19.4 Å². The standard InChI is InChI=1S/C11H18N8.H2O/c12-9(13)7-8-10(17-5-16-8)19-11(18-7)15-4-6-2-1-3-14-6;/h6,14,16H,1-5H2,(H3,12,13)(H2,15,17,18,19);1H2. The van der Waals surface area contributed by atoms with Crippen LogP contribution in [0.3, 0.4) is 0 Å². The molecule has 9 heteroatoms. The first kappa shape index (κ1) is 14.3. The molecule has 1 aromatic heterocycles. The van der Waals surface area contributed by atoms with E-state index in [1.54, 1.807) is 0 Å². The third-order valence-electron chi connectivity index (χ3n) is 3.35. The lowest BCUT2D eigenvalue weighted by Crippen LogP contribution is -2.30. The Morgan fingerprint density at radius 3 is 2.95 bits per heavy atom. The third kappa shape index (κ3) is 2.73. The van der Waals surface area contributed by atoms with E-state index >= 15 is 0 Å². The summed E-state index contributed by atoms with van der Waals surface area (Å²) in [5, 5.41) is 20.4. The van der Waals surface area contributed by atoms with Gasteiger partial charge in [-0.2, -0.15) is 4.98 Å². The fraction of sp³-hybridized carbons (Fsp3) is 0.545. The number of hydrogen-bond donors (Lipinski definition) is 6. The molecule has 1 atom stereocenters. The fourth-order valence-corrected chi connectivity index (χ4v) is 2.39. The van der Waals surface area contributed by atoms with Gasteiger partial charge in [-0.15, -0.1) is 0 Å². The van der Waals surface area contributed by atoms with Gasteiger partial charge in [0.1, 0.15) is 17.2 Å². The van der Waals surface area contributed by atoms with E-state index in [0.29, 0.717) is 35.9 Å². The molecule has 9 N–H and O–H groups in total. The Kier molecular flexibility index (Phi) is 4.20. The number of fused-ring (bicyclic) bond motifs is 1. The van der Waals surface area contributed by atoms with Gasteiger partial charge in [-0.3, -0.25) is 5.41 Å². The SMILES string of the molecule is N=C(N)c1nc(NCC2CCCN2)nc2c1NCN2.O. The van der Waals surface area contributed by atoms with E-state index in [9.17, 15) is 0 Å². The van der Waals surface area contributed by atoms with E-state index in [0.717, 1.165) is 19.5 Å². The zero-order valence-electron chi connectivity index (χ0n) is 11.1. The lowest BCUT2D eigenvalue weighted by molar-refractivity contribution is 0.631. The Hall–Kier alpha value is -2.13. The van der Waals surface area contributed by atoms with Crippen molar-refractivity contribution in [2.75, 3.05) is 35.7 Å². The summed E-state index contributed by atoms with van der Waals surface area (Å²) in [6.07, 6.45) is 2.37. The second-order valence-electron chi connectivity index (χ2n) is 4.74. The number of nitrogen functional groups attached to an aromatic ring is 1. The number of nitrogens with zero attached hydrogens (tertiary/aromatic N) is 2. The van der Waals surface area contributed by atoms with Gasteiger partial charge in [-0.1, -0.05) is 0 Å². The quantitative estimate of drug-likeness (QED) is 0.302. The molecule has 1 aromatic rings. The summed E-state index contributed by atoms with van der Waals surface area (Å²) in [4.78, 5) is 8.68. The van der Waals surface area contributed by atoms with Gasteiger partial charge in [-0.25, -0.2) is 4.98 Å². The lowest BCUT2D eigenvalue weighted by atomic mass is 10.2. The van der Waals surface area contributed by atoms with Gasteiger partial charge >= 0.3 is 0 Å². The largest absolute Gasteiger partial charge is 0.412 e. The maximum atomic E-state index is 7.58. The van der Waals surface area contributed by atoms with Crippen molar-refractivity contribution in [1.29, 1.82) is 5.41 Å². The second kappa shape index (κ2) is 5.88. The van der Waals surface area contributed by atoms with Crippen molar-refractivity contribution in [1.82, 2.24) is 15.3 Å². The molecular formula is C11H20N8O. The lowest BCUT2D eigenvalue weighted by Gasteiger charge is -2.13. The highest BCUT2D eigenvalue weighted by atomic mass is 16.0. The number of aromatic nitrogens is 2. The number of nitrogens with two attached hydrogens (primary N) is 1. The van der Waals surface area contributed by atoms with Crippen molar-refractivity contribution in [2.45, 2.75) is 18.9 Å². The minimum atomic E-state index is -0.0584. The Morgan fingerprint density at radius 1 is 1.40 bits per heavy atom. The first-order chi connectivity index (χ1) is 9.24. The topological polar surface area (TPSA) is 155 Å². The summed E-state index contributed by atoms with van der Waals surface area (Å²) in [6.45, 7) is 2.43. The van der Waals surface area contributed by atoms with Crippen molar-refractivity contribution in [3.8, 4) is 0 Å². The van der Waals surface area contributed by atoms with Gasteiger partial charge in [0.2, 0.25) is 5.95 Å². The molecule has 0 bridgehead atoms. The van der Waals surface area contributed by atoms with Crippen molar-refractivity contribution in [3.63, 3.8) is 0 Å². The molecule has 0 aromatic carbocycles. The highest BCUT2D eigenvalue weighted by Gasteiger charge is 2.21. The van der Waals surface area contributed by atoms with Gasteiger partial charge in [0.15, 0.2) is 5.82 Å². The first-order valence-corrected chi connectivity index (χ1v) is 6.45. The predicted molar refractivity (Wildman–Crippen MR) is 78.3 cm³/mol. The van der Waals surface area contributed by atoms with E-state index in [4.69, 9.17) is 11.1 Å². The molecule has 3 heterocycles. The number of hydrogen-bond acceptors (Lipinski definition) is 7. The molecule has 3 rings (SSSR count). The maximum absolute atomic E-state index is 7.58. The molecule has 2 aliphatic heterocycles. The summed E-state index contributed by atoms with van der Waals surface area (Å²) < 4.78 is 0. The molecule has 1 saturated heterocycles. The molecule has 0 saturated carbocycles. The molecule has 110 valence electrons. The summed E-state index contributed by atoms with van der Waals surface area (Å²) in [7, 11) is 0. The number of anilines is 3. The van der Waals surface area contributed by atoms with Gasteiger partial charge < -0.3 is 32.5 Å². The highest BCUT2D eigenvalue weighted by Crippen LogP contribution is 2.27. The molecule has 1 fully saturated rings. The third-order valence-corrected chi connectivity index (χ3v) is 3.35. The molecule has 1 unspecified atom stereocenters. The average molecular weight is 280 g/mol. The van der Waals surface area contributed by atoms with Crippen molar-refractivity contribution in [2.24, 2.45) is 5.73 Å². The number of rotatable bonds is 4. The van der Waals surface area contributed by atoms with Crippen LogP contribution in [0, 0.1) is 5.41 Å². The smallest absolute Gasteiger partial charge is 0.225 e. The van der Waals surface area contributed by atoms with Crippen LogP contribution >= 0.6 is 0 Å². The predicted octanol–water partition coefficient (Wildman–Crippen LogP) is -1.11. The van der Waals surface area contributed by atoms with Crippen LogP contribution in [-0.4, -0.2) is 47.1 Å². The summed E-state index contributed by atoms with van der Waals surface area (Å²) >= 11 is 0. The molecule has 20 heavy (non-hydrogen) atoms. The van der Waals surface area contributed by atoms with Gasteiger partial charge in [0.25, 0.3) is 0 Å². The average Bonchev–Trinajstić information content (AvgIpc) is 3.06. The van der Waals surface area contributed by atoms with Crippen LogP contribution in [0.5, 0.6) is 0 Å². The Labute approximate surface area is 116 Å². The van der Waals surface area contributed by atoms with Crippen LogP contribution in [-0.2, 0) is 0 Å². The molecule has 0 aliphatic carbocycles. The fourth-order valence-electron chi connectivity index (χ4n) is 2.39. The molecule has 9 nitrogen and oxygen atoms in total. The van der Waals surface area contributed by atoms with E-state index in [1.165, 1.54) is 6.42 Å². The molecule has 0 spiro atoms. The van der Waals surface area contributed by atoms with Crippen LogP contribution in [0.1, 0.15) is 18.5 Å². The minimum Gasteiger partial charge on any atom is -0.412 e.